The number of hydrogen-bond acceptors (Lipinski definition) is 4. The second kappa shape index (κ2) is 7.42. The van der Waals surface area contributed by atoms with E-state index in [1.807, 2.05) is 25.1 Å². The minimum Gasteiger partial charge on any atom is -0.385 e. The molecule has 6 nitrogen and oxygen atoms in total. The Balaban J connectivity index is 1.89. The van der Waals surface area contributed by atoms with Gasteiger partial charge in [-0.15, -0.1) is 0 Å². The van der Waals surface area contributed by atoms with E-state index in [-0.39, 0.29) is 5.91 Å². The van der Waals surface area contributed by atoms with Crippen LogP contribution in [0.5, 0.6) is 0 Å². The van der Waals surface area contributed by atoms with Gasteiger partial charge in [-0.2, -0.15) is 5.10 Å². The first-order valence-electron chi connectivity index (χ1n) is 7.17. The van der Waals surface area contributed by atoms with E-state index in [1.54, 1.807) is 0 Å². The Hall–Kier alpha value is -2.37. The van der Waals surface area contributed by atoms with Crippen molar-refractivity contribution in [3.8, 4) is 0 Å². The highest BCUT2D eigenvalue weighted by atomic mass is 16.1. The third-order valence-electron chi connectivity index (χ3n) is 3.16. The van der Waals surface area contributed by atoms with Gasteiger partial charge in [0, 0.05) is 30.8 Å². The quantitative estimate of drug-likeness (QED) is 0.726. The molecule has 0 spiro atoms. The summed E-state index contributed by atoms with van der Waals surface area (Å²) in [4.78, 5) is 16.2. The first-order chi connectivity index (χ1) is 10.2. The number of aromatic nitrogens is 3. The van der Waals surface area contributed by atoms with Crippen LogP contribution in [0.25, 0.3) is 0 Å². The summed E-state index contributed by atoms with van der Waals surface area (Å²) >= 11 is 0. The lowest BCUT2D eigenvalue weighted by molar-refractivity contribution is 0.0953. The van der Waals surface area contributed by atoms with E-state index in [0.29, 0.717) is 18.5 Å². The number of rotatable bonds is 7. The van der Waals surface area contributed by atoms with Crippen molar-refractivity contribution in [2.45, 2.75) is 26.7 Å². The third kappa shape index (κ3) is 4.30. The predicted octanol–water partition coefficient (Wildman–Crippen LogP) is 1.91. The Labute approximate surface area is 124 Å². The minimum absolute atomic E-state index is 0.0611. The highest BCUT2D eigenvalue weighted by molar-refractivity contribution is 5.96. The van der Waals surface area contributed by atoms with Crippen LogP contribution in [0.2, 0.25) is 0 Å². The largest absolute Gasteiger partial charge is 0.385 e. The molecule has 0 saturated carbocycles. The Morgan fingerprint density at radius 2 is 2.19 bits per heavy atom. The zero-order valence-corrected chi connectivity index (χ0v) is 12.4. The number of benzene rings is 1. The highest BCUT2D eigenvalue weighted by Crippen LogP contribution is 2.15. The molecule has 0 aliphatic rings. The van der Waals surface area contributed by atoms with Gasteiger partial charge >= 0.3 is 0 Å². The SMILES string of the molecule is CCCNc1ccc(C(=O)NCCc2ncn[nH]2)c(C)c1. The molecule has 0 aliphatic carbocycles. The summed E-state index contributed by atoms with van der Waals surface area (Å²) < 4.78 is 0. The second-order valence-electron chi connectivity index (χ2n) is 4.89. The number of H-pyrrole nitrogens is 1. The van der Waals surface area contributed by atoms with Crippen LogP contribution in [0.15, 0.2) is 24.5 Å². The molecule has 0 saturated heterocycles. The summed E-state index contributed by atoms with van der Waals surface area (Å²) in [5.74, 6) is 0.709. The molecule has 3 N–H and O–H groups in total. The van der Waals surface area contributed by atoms with Crippen molar-refractivity contribution in [1.29, 1.82) is 0 Å². The van der Waals surface area contributed by atoms with E-state index < -0.39 is 0 Å². The van der Waals surface area contributed by atoms with Gasteiger partial charge in [0.2, 0.25) is 0 Å². The number of nitrogens with zero attached hydrogens (tertiary/aromatic N) is 2. The molecule has 0 atom stereocenters. The van der Waals surface area contributed by atoms with Gasteiger partial charge in [-0.05, 0) is 37.1 Å². The molecule has 0 fully saturated rings. The lowest BCUT2D eigenvalue weighted by atomic mass is 10.1. The molecule has 0 bridgehead atoms. The predicted molar refractivity (Wildman–Crippen MR) is 82.4 cm³/mol. The maximum absolute atomic E-state index is 12.1. The van der Waals surface area contributed by atoms with Crippen LogP contribution in [0.1, 0.15) is 35.1 Å². The van der Waals surface area contributed by atoms with Gasteiger partial charge in [-0.1, -0.05) is 6.92 Å². The van der Waals surface area contributed by atoms with Gasteiger partial charge in [0.25, 0.3) is 5.91 Å². The van der Waals surface area contributed by atoms with Gasteiger partial charge in [0.05, 0.1) is 0 Å². The number of aromatic amines is 1. The minimum atomic E-state index is -0.0611. The zero-order valence-electron chi connectivity index (χ0n) is 12.4. The lowest BCUT2D eigenvalue weighted by Crippen LogP contribution is -2.26. The average Bonchev–Trinajstić information content (AvgIpc) is 2.98. The van der Waals surface area contributed by atoms with Crippen molar-refractivity contribution in [1.82, 2.24) is 20.5 Å². The van der Waals surface area contributed by atoms with Crippen LogP contribution in [-0.4, -0.2) is 34.2 Å². The van der Waals surface area contributed by atoms with Crippen molar-refractivity contribution < 1.29 is 4.79 Å². The number of carbonyl (C=O) groups excluding carboxylic acids is 1. The van der Waals surface area contributed by atoms with Crippen LogP contribution in [0, 0.1) is 6.92 Å². The van der Waals surface area contributed by atoms with E-state index in [0.717, 1.165) is 30.0 Å². The van der Waals surface area contributed by atoms with E-state index in [4.69, 9.17) is 0 Å². The molecular formula is C15H21N5O. The number of nitrogens with one attached hydrogen (secondary N) is 3. The summed E-state index contributed by atoms with van der Waals surface area (Å²) in [6.45, 7) is 5.53. The van der Waals surface area contributed by atoms with Crippen LogP contribution in [-0.2, 0) is 6.42 Å². The molecule has 1 heterocycles. The Morgan fingerprint density at radius 1 is 1.33 bits per heavy atom. The van der Waals surface area contributed by atoms with Gasteiger partial charge in [0.15, 0.2) is 0 Å². The number of amides is 1. The molecule has 112 valence electrons. The molecule has 0 unspecified atom stereocenters. The van der Waals surface area contributed by atoms with E-state index in [2.05, 4.69) is 32.7 Å². The van der Waals surface area contributed by atoms with Crippen LogP contribution >= 0.6 is 0 Å². The number of carbonyl (C=O) groups is 1. The molecule has 21 heavy (non-hydrogen) atoms. The smallest absolute Gasteiger partial charge is 0.251 e. The number of hydrogen-bond donors (Lipinski definition) is 3. The maximum Gasteiger partial charge on any atom is 0.251 e. The summed E-state index contributed by atoms with van der Waals surface area (Å²) in [7, 11) is 0. The van der Waals surface area contributed by atoms with Crippen LogP contribution < -0.4 is 10.6 Å². The number of anilines is 1. The van der Waals surface area contributed by atoms with Crippen molar-refractivity contribution >= 4 is 11.6 Å². The lowest BCUT2D eigenvalue weighted by Gasteiger charge is -2.10. The second-order valence-corrected chi connectivity index (χ2v) is 4.89. The molecule has 6 heteroatoms. The Bertz CT molecular complexity index is 580. The molecule has 2 rings (SSSR count). The highest BCUT2D eigenvalue weighted by Gasteiger charge is 2.09. The zero-order chi connectivity index (χ0) is 15.1. The van der Waals surface area contributed by atoms with E-state index in [1.165, 1.54) is 6.33 Å². The van der Waals surface area contributed by atoms with Gasteiger partial charge in [-0.3, -0.25) is 9.89 Å². The normalized spacial score (nSPS) is 10.4. The molecular weight excluding hydrogens is 266 g/mol. The van der Waals surface area contributed by atoms with Gasteiger partial charge < -0.3 is 10.6 Å². The summed E-state index contributed by atoms with van der Waals surface area (Å²) in [5, 5.41) is 12.7. The topological polar surface area (TPSA) is 82.7 Å². The molecule has 2 aromatic rings. The van der Waals surface area contributed by atoms with Crippen molar-refractivity contribution in [3.05, 3.63) is 41.5 Å². The Kier molecular flexibility index (Phi) is 5.31. The maximum atomic E-state index is 12.1. The monoisotopic (exact) mass is 287 g/mol. The standard InChI is InChI=1S/C15H21N5O/c1-3-7-16-12-4-5-13(11(2)9-12)15(21)17-8-6-14-18-10-19-20-14/h4-5,9-10,16H,3,6-8H2,1-2H3,(H,17,21)(H,18,19,20). The Morgan fingerprint density at radius 3 is 2.86 bits per heavy atom. The fraction of sp³-hybridized carbons (Fsp3) is 0.400. The third-order valence-corrected chi connectivity index (χ3v) is 3.16. The van der Waals surface area contributed by atoms with Gasteiger partial charge in [-0.25, -0.2) is 4.98 Å². The molecule has 1 aromatic carbocycles. The van der Waals surface area contributed by atoms with Crippen LogP contribution in [0.3, 0.4) is 0 Å². The summed E-state index contributed by atoms with van der Waals surface area (Å²) in [6, 6.07) is 5.80. The van der Waals surface area contributed by atoms with Crippen molar-refractivity contribution in [2.24, 2.45) is 0 Å². The molecule has 1 aromatic heterocycles. The fourth-order valence-corrected chi connectivity index (χ4v) is 2.04. The average molecular weight is 287 g/mol. The van der Waals surface area contributed by atoms with Crippen molar-refractivity contribution in [3.63, 3.8) is 0 Å². The first kappa shape index (κ1) is 15.0. The van der Waals surface area contributed by atoms with Crippen LogP contribution in [0.4, 0.5) is 5.69 Å². The fourth-order valence-electron chi connectivity index (χ4n) is 2.04. The molecule has 0 radical (unpaired) electrons. The van der Waals surface area contributed by atoms with Gasteiger partial charge in [0.1, 0.15) is 12.2 Å². The van der Waals surface area contributed by atoms with E-state index >= 15 is 0 Å². The summed E-state index contributed by atoms with van der Waals surface area (Å²) in [6.07, 6.45) is 3.17. The molecule has 0 aliphatic heterocycles. The van der Waals surface area contributed by atoms with Crippen molar-refractivity contribution in [2.75, 3.05) is 18.4 Å². The number of aryl methyl sites for hydroxylation is 1. The molecule has 1 amide bonds. The summed E-state index contributed by atoms with van der Waals surface area (Å²) in [5.41, 5.74) is 2.72. The first-order valence-corrected chi connectivity index (χ1v) is 7.17. The van der Waals surface area contributed by atoms with E-state index in [9.17, 15) is 4.79 Å².